The SMILES string of the molecule is Cc1ccc(C(Cc2ccc(Cl)c([N+](=O)[O-])c2)C(=O)O)c(C)c1. The summed E-state index contributed by atoms with van der Waals surface area (Å²) in [6.45, 7) is 3.80. The van der Waals surface area contributed by atoms with Crippen molar-refractivity contribution in [2.45, 2.75) is 26.2 Å². The molecule has 1 unspecified atom stereocenters. The van der Waals surface area contributed by atoms with Crippen LogP contribution in [-0.2, 0) is 11.2 Å². The number of nitrogens with zero attached hydrogens (tertiary/aromatic N) is 1. The van der Waals surface area contributed by atoms with E-state index in [1.54, 1.807) is 12.1 Å². The van der Waals surface area contributed by atoms with Crippen molar-refractivity contribution in [2.24, 2.45) is 0 Å². The molecule has 1 N–H and O–H groups in total. The summed E-state index contributed by atoms with van der Waals surface area (Å²) in [4.78, 5) is 22.1. The zero-order valence-electron chi connectivity index (χ0n) is 12.7. The Bertz CT molecular complexity index is 773. The Hall–Kier alpha value is -2.40. The molecule has 0 fully saturated rings. The second kappa shape index (κ2) is 6.79. The van der Waals surface area contributed by atoms with Crippen LogP contribution in [0.2, 0.25) is 5.02 Å². The third kappa shape index (κ3) is 3.87. The quantitative estimate of drug-likeness (QED) is 0.654. The first-order valence-electron chi connectivity index (χ1n) is 7.02. The minimum absolute atomic E-state index is 0.0390. The number of aryl methyl sites for hydroxylation is 2. The minimum Gasteiger partial charge on any atom is -0.481 e. The highest BCUT2D eigenvalue weighted by Gasteiger charge is 2.23. The van der Waals surface area contributed by atoms with Crippen molar-refractivity contribution in [1.29, 1.82) is 0 Å². The number of hydrogen-bond donors (Lipinski definition) is 1. The summed E-state index contributed by atoms with van der Waals surface area (Å²) >= 11 is 5.79. The molecule has 0 saturated carbocycles. The molecule has 0 aliphatic carbocycles. The lowest BCUT2D eigenvalue weighted by molar-refractivity contribution is -0.384. The molecule has 23 heavy (non-hydrogen) atoms. The van der Waals surface area contributed by atoms with Gasteiger partial charge in [-0.05, 0) is 43.0 Å². The van der Waals surface area contributed by atoms with Gasteiger partial charge in [0.25, 0.3) is 5.69 Å². The highest BCUT2D eigenvalue weighted by atomic mass is 35.5. The van der Waals surface area contributed by atoms with E-state index in [4.69, 9.17) is 11.6 Å². The third-order valence-corrected chi connectivity index (χ3v) is 4.07. The third-order valence-electron chi connectivity index (χ3n) is 3.75. The predicted molar refractivity (Wildman–Crippen MR) is 88.1 cm³/mol. The fourth-order valence-electron chi connectivity index (χ4n) is 2.61. The Balaban J connectivity index is 2.39. The lowest BCUT2D eigenvalue weighted by Gasteiger charge is -2.16. The molecule has 5 nitrogen and oxygen atoms in total. The van der Waals surface area contributed by atoms with Gasteiger partial charge >= 0.3 is 5.97 Å². The maximum Gasteiger partial charge on any atom is 0.311 e. The zero-order chi connectivity index (χ0) is 17.1. The largest absolute Gasteiger partial charge is 0.481 e. The summed E-state index contributed by atoms with van der Waals surface area (Å²) < 4.78 is 0. The molecule has 0 aromatic heterocycles. The first kappa shape index (κ1) is 17.0. The standard InChI is InChI=1S/C17H16ClNO4/c1-10-3-5-13(11(2)7-10)14(17(20)21)8-12-4-6-15(18)16(9-12)19(22)23/h3-7,9,14H,8H2,1-2H3,(H,20,21). The van der Waals surface area contributed by atoms with E-state index >= 15 is 0 Å². The molecule has 0 spiro atoms. The van der Waals surface area contributed by atoms with Crippen molar-refractivity contribution in [1.82, 2.24) is 0 Å². The van der Waals surface area contributed by atoms with Gasteiger partial charge in [-0.1, -0.05) is 41.4 Å². The molecule has 120 valence electrons. The van der Waals surface area contributed by atoms with Gasteiger partial charge in [0.15, 0.2) is 0 Å². The van der Waals surface area contributed by atoms with E-state index in [1.165, 1.54) is 12.1 Å². The number of benzene rings is 2. The summed E-state index contributed by atoms with van der Waals surface area (Å²) in [7, 11) is 0. The van der Waals surface area contributed by atoms with E-state index in [0.29, 0.717) is 11.1 Å². The van der Waals surface area contributed by atoms with Gasteiger partial charge in [0.05, 0.1) is 10.8 Å². The molecule has 2 aromatic carbocycles. The van der Waals surface area contributed by atoms with Gasteiger partial charge in [-0.2, -0.15) is 0 Å². The molecule has 0 saturated heterocycles. The maximum atomic E-state index is 11.7. The number of halogens is 1. The molecule has 2 rings (SSSR count). The second-order valence-corrected chi connectivity index (χ2v) is 5.91. The van der Waals surface area contributed by atoms with E-state index in [9.17, 15) is 20.0 Å². The summed E-state index contributed by atoms with van der Waals surface area (Å²) in [5, 5.41) is 20.6. The topological polar surface area (TPSA) is 80.4 Å². The Kier molecular flexibility index (Phi) is 5.01. The average Bonchev–Trinajstić information content (AvgIpc) is 2.46. The average molecular weight is 334 g/mol. The number of nitro benzene ring substituents is 1. The van der Waals surface area contributed by atoms with Crippen molar-refractivity contribution >= 4 is 23.3 Å². The summed E-state index contributed by atoms with van der Waals surface area (Å²) in [6.07, 6.45) is 0.164. The molecule has 0 radical (unpaired) electrons. The van der Waals surface area contributed by atoms with Crippen molar-refractivity contribution in [2.75, 3.05) is 0 Å². The van der Waals surface area contributed by atoms with Gasteiger partial charge < -0.3 is 5.11 Å². The fraction of sp³-hybridized carbons (Fsp3) is 0.235. The number of aliphatic carboxylic acids is 1. The van der Waals surface area contributed by atoms with E-state index in [2.05, 4.69) is 0 Å². The number of carboxylic acid groups (broad SMARTS) is 1. The van der Waals surface area contributed by atoms with Gasteiger partial charge in [-0.15, -0.1) is 0 Å². The van der Waals surface area contributed by atoms with Gasteiger partial charge in [0, 0.05) is 6.07 Å². The lowest BCUT2D eigenvalue weighted by atomic mass is 9.88. The molecular weight excluding hydrogens is 318 g/mol. The molecule has 0 aliphatic heterocycles. The van der Waals surface area contributed by atoms with E-state index in [0.717, 1.165) is 11.1 Å². The highest BCUT2D eigenvalue weighted by molar-refractivity contribution is 6.32. The van der Waals surface area contributed by atoms with Crippen molar-refractivity contribution < 1.29 is 14.8 Å². The van der Waals surface area contributed by atoms with Gasteiger partial charge in [0.1, 0.15) is 5.02 Å². The summed E-state index contributed by atoms with van der Waals surface area (Å²) in [5.41, 5.74) is 3.00. The number of nitro groups is 1. The fourth-order valence-corrected chi connectivity index (χ4v) is 2.79. The molecular formula is C17H16ClNO4. The van der Waals surface area contributed by atoms with Crippen molar-refractivity contribution in [3.05, 3.63) is 73.8 Å². The first-order valence-corrected chi connectivity index (χ1v) is 7.40. The smallest absolute Gasteiger partial charge is 0.311 e. The summed E-state index contributed by atoms with van der Waals surface area (Å²) in [6, 6.07) is 9.97. The number of carbonyl (C=O) groups is 1. The van der Waals surface area contributed by atoms with Crippen LogP contribution in [0.4, 0.5) is 5.69 Å². The number of carboxylic acids is 1. The molecule has 2 aromatic rings. The van der Waals surface area contributed by atoms with Gasteiger partial charge in [-0.3, -0.25) is 14.9 Å². The van der Waals surface area contributed by atoms with Crippen LogP contribution in [0.1, 0.15) is 28.2 Å². The predicted octanol–water partition coefficient (Wildman–Crippen LogP) is 4.28. The zero-order valence-corrected chi connectivity index (χ0v) is 13.5. The first-order chi connectivity index (χ1) is 10.8. The van der Waals surface area contributed by atoms with E-state index < -0.39 is 16.8 Å². The van der Waals surface area contributed by atoms with Gasteiger partial charge in [0.2, 0.25) is 0 Å². The maximum absolute atomic E-state index is 11.7. The Morgan fingerprint density at radius 1 is 1.26 bits per heavy atom. The number of rotatable bonds is 5. The van der Waals surface area contributed by atoms with Crippen LogP contribution in [-0.4, -0.2) is 16.0 Å². The van der Waals surface area contributed by atoms with Crippen LogP contribution < -0.4 is 0 Å². The molecule has 6 heteroatoms. The van der Waals surface area contributed by atoms with Crippen LogP contribution in [0, 0.1) is 24.0 Å². The summed E-state index contributed by atoms with van der Waals surface area (Å²) in [5.74, 6) is -1.73. The van der Waals surface area contributed by atoms with Crippen LogP contribution in [0.25, 0.3) is 0 Å². The highest BCUT2D eigenvalue weighted by Crippen LogP contribution is 2.29. The Labute approximate surface area is 138 Å². The van der Waals surface area contributed by atoms with Crippen molar-refractivity contribution in [3.63, 3.8) is 0 Å². The van der Waals surface area contributed by atoms with E-state index in [1.807, 2.05) is 26.0 Å². The Morgan fingerprint density at radius 3 is 2.52 bits per heavy atom. The molecule has 0 bridgehead atoms. The minimum atomic E-state index is -0.963. The van der Waals surface area contributed by atoms with Gasteiger partial charge in [-0.25, -0.2) is 0 Å². The lowest BCUT2D eigenvalue weighted by Crippen LogP contribution is -2.16. The van der Waals surface area contributed by atoms with E-state index in [-0.39, 0.29) is 17.1 Å². The molecule has 0 aliphatic rings. The van der Waals surface area contributed by atoms with Crippen LogP contribution in [0.15, 0.2) is 36.4 Å². The van der Waals surface area contributed by atoms with Crippen LogP contribution in [0.5, 0.6) is 0 Å². The second-order valence-electron chi connectivity index (χ2n) is 5.50. The monoisotopic (exact) mass is 333 g/mol. The van der Waals surface area contributed by atoms with Crippen LogP contribution >= 0.6 is 11.6 Å². The normalized spacial score (nSPS) is 12.0. The van der Waals surface area contributed by atoms with Crippen molar-refractivity contribution in [3.8, 4) is 0 Å². The Morgan fingerprint density at radius 2 is 1.96 bits per heavy atom. The molecule has 0 amide bonds. The molecule has 0 heterocycles. The molecule has 1 atom stereocenters. The van der Waals surface area contributed by atoms with Crippen LogP contribution in [0.3, 0.4) is 0 Å². The number of hydrogen-bond acceptors (Lipinski definition) is 3.